The summed E-state index contributed by atoms with van der Waals surface area (Å²) in [5, 5.41) is 6.06. The van der Waals surface area contributed by atoms with E-state index in [1.165, 1.54) is 0 Å². The van der Waals surface area contributed by atoms with E-state index in [0.29, 0.717) is 70.0 Å². The summed E-state index contributed by atoms with van der Waals surface area (Å²) in [7, 11) is 0. The molecule has 0 unspecified atom stereocenters. The lowest BCUT2D eigenvalue weighted by molar-refractivity contribution is -0.128. The summed E-state index contributed by atoms with van der Waals surface area (Å²) in [6, 6.07) is 1.20. The molecular formula is C20H23Cl2N3O5. The first-order chi connectivity index (χ1) is 14.4. The molecule has 0 saturated carbocycles. The predicted molar refractivity (Wildman–Crippen MR) is 111 cm³/mol. The summed E-state index contributed by atoms with van der Waals surface area (Å²) in [5.74, 6) is 0.334. The van der Waals surface area contributed by atoms with E-state index in [2.05, 4.69) is 10.6 Å². The van der Waals surface area contributed by atoms with Crippen LogP contribution in [0.1, 0.15) is 42.5 Å². The van der Waals surface area contributed by atoms with Gasteiger partial charge in [0.25, 0.3) is 5.91 Å². The number of amides is 3. The summed E-state index contributed by atoms with van der Waals surface area (Å²) in [5.41, 5.74) is -0.532. The maximum Gasteiger partial charge on any atom is 0.325 e. The molecular weight excluding hydrogens is 433 g/mol. The Bertz CT molecular complexity index is 886. The van der Waals surface area contributed by atoms with Gasteiger partial charge in [-0.25, -0.2) is 4.79 Å². The van der Waals surface area contributed by atoms with E-state index in [4.69, 9.17) is 32.7 Å². The van der Waals surface area contributed by atoms with Gasteiger partial charge in [0.05, 0.1) is 15.6 Å². The van der Waals surface area contributed by atoms with E-state index in [0.717, 1.165) is 0 Å². The van der Waals surface area contributed by atoms with Crippen molar-refractivity contribution in [2.24, 2.45) is 0 Å². The highest BCUT2D eigenvalue weighted by molar-refractivity contribution is 6.44. The molecule has 0 radical (unpaired) electrons. The van der Waals surface area contributed by atoms with Crippen LogP contribution in [0.25, 0.3) is 0 Å². The van der Waals surface area contributed by atoms with Crippen molar-refractivity contribution in [1.29, 1.82) is 0 Å². The minimum absolute atomic E-state index is 0.157. The van der Waals surface area contributed by atoms with Gasteiger partial charge in [0.15, 0.2) is 17.3 Å². The third kappa shape index (κ3) is 3.72. The van der Waals surface area contributed by atoms with Crippen LogP contribution < -0.4 is 20.1 Å². The Hall–Kier alpha value is -2.03. The second-order valence-corrected chi connectivity index (χ2v) is 8.43. The van der Waals surface area contributed by atoms with Crippen molar-refractivity contribution in [2.45, 2.75) is 37.6 Å². The summed E-state index contributed by atoms with van der Waals surface area (Å²) in [6.45, 7) is 2.50. The number of urea groups is 1. The number of carbonyl (C=O) groups is 3. The molecule has 3 aliphatic heterocycles. The fourth-order valence-electron chi connectivity index (χ4n) is 4.31. The molecule has 2 saturated heterocycles. The number of nitrogens with one attached hydrogen (secondary N) is 2. The molecule has 0 atom stereocenters. The minimum atomic E-state index is -0.771. The first-order valence-corrected chi connectivity index (χ1v) is 10.8. The zero-order valence-corrected chi connectivity index (χ0v) is 17.9. The van der Waals surface area contributed by atoms with Crippen LogP contribution in [0.5, 0.6) is 11.5 Å². The molecule has 2 N–H and O–H groups in total. The van der Waals surface area contributed by atoms with Crippen molar-refractivity contribution in [2.75, 3.05) is 32.8 Å². The third-order valence-electron chi connectivity index (χ3n) is 5.88. The average Bonchev–Trinajstić information content (AvgIpc) is 2.95. The van der Waals surface area contributed by atoms with Crippen LogP contribution >= 0.6 is 23.2 Å². The second kappa shape index (κ2) is 8.61. The molecule has 2 fully saturated rings. The van der Waals surface area contributed by atoms with Crippen LogP contribution in [-0.2, 0) is 4.79 Å². The number of hydrogen-bond donors (Lipinski definition) is 2. The summed E-state index contributed by atoms with van der Waals surface area (Å²) < 4.78 is 11.1. The van der Waals surface area contributed by atoms with Crippen LogP contribution in [0.4, 0.5) is 4.79 Å². The number of halogens is 2. The van der Waals surface area contributed by atoms with Crippen LogP contribution in [0.15, 0.2) is 6.07 Å². The molecule has 4 rings (SSSR count). The van der Waals surface area contributed by atoms with Gasteiger partial charge in [-0.3, -0.25) is 14.9 Å². The fourth-order valence-corrected chi connectivity index (χ4v) is 4.75. The molecule has 1 aromatic rings. The normalized spacial score (nSPS) is 19.9. The van der Waals surface area contributed by atoms with Crippen molar-refractivity contribution in [3.63, 3.8) is 0 Å². The Morgan fingerprint density at radius 2 is 1.87 bits per heavy atom. The Balaban J connectivity index is 1.39. The maximum atomic E-state index is 12.9. The van der Waals surface area contributed by atoms with E-state index in [9.17, 15) is 14.4 Å². The highest BCUT2D eigenvalue weighted by Gasteiger charge is 2.52. The first kappa shape index (κ1) is 21.2. The van der Waals surface area contributed by atoms with Gasteiger partial charge in [-0.05, 0) is 38.8 Å². The lowest BCUT2D eigenvalue weighted by Crippen LogP contribution is -2.55. The van der Waals surface area contributed by atoms with Gasteiger partial charge in [-0.1, -0.05) is 23.2 Å². The molecule has 1 aromatic carbocycles. The number of fused-ring (bicyclic) bond motifs is 1. The summed E-state index contributed by atoms with van der Waals surface area (Å²) in [4.78, 5) is 39.2. The predicted octanol–water partition coefficient (Wildman–Crippen LogP) is 2.79. The molecule has 8 nitrogen and oxygen atoms in total. The average molecular weight is 456 g/mol. The number of benzene rings is 1. The highest BCUT2D eigenvalue weighted by Crippen LogP contribution is 2.43. The fraction of sp³-hybridized carbons (Fsp3) is 0.550. The maximum absolute atomic E-state index is 12.9. The van der Waals surface area contributed by atoms with Gasteiger partial charge in [-0.2, -0.15) is 0 Å². The van der Waals surface area contributed by atoms with E-state index in [-0.39, 0.29) is 39.8 Å². The Labute approximate surface area is 184 Å². The summed E-state index contributed by atoms with van der Waals surface area (Å²) >= 11 is 12.4. The van der Waals surface area contributed by atoms with Gasteiger partial charge in [0.1, 0.15) is 18.8 Å². The van der Waals surface area contributed by atoms with Crippen molar-refractivity contribution >= 4 is 40.9 Å². The summed E-state index contributed by atoms with van der Waals surface area (Å²) in [6.07, 6.45) is 2.51. The van der Waals surface area contributed by atoms with E-state index in [1.54, 1.807) is 11.0 Å². The topological polar surface area (TPSA) is 97.0 Å². The van der Waals surface area contributed by atoms with Gasteiger partial charge < -0.3 is 19.7 Å². The Morgan fingerprint density at radius 1 is 1.13 bits per heavy atom. The standard InChI is InChI=1S/C20H23Cl2N3O5/c21-12-11-14-17(30-10-9-29-14)15(16(12)22)13(26)3-1-2-8-25-19(28)24-18(27)20(25)4-6-23-7-5-20/h11,23H,1-10H2,(H,24,27,28). The molecule has 0 bridgehead atoms. The number of unbranched alkanes of at least 4 members (excludes halogenated alkanes) is 1. The van der Waals surface area contributed by atoms with Crippen LogP contribution in [-0.4, -0.2) is 61.0 Å². The molecule has 0 aliphatic carbocycles. The minimum Gasteiger partial charge on any atom is -0.486 e. The van der Waals surface area contributed by atoms with Crippen molar-refractivity contribution < 1.29 is 23.9 Å². The quantitative estimate of drug-likeness (QED) is 0.388. The van der Waals surface area contributed by atoms with Crippen molar-refractivity contribution in [3.05, 3.63) is 21.7 Å². The zero-order chi connectivity index (χ0) is 21.3. The Morgan fingerprint density at radius 3 is 2.63 bits per heavy atom. The van der Waals surface area contributed by atoms with Crippen LogP contribution in [0, 0.1) is 0 Å². The lowest BCUT2D eigenvalue weighted by atomic mass is 9.87. The molecule has 1 spiro atoms. The zero-order valence-electron chi connectivity index (χ0n) is 16.4. The number of Topliss-reactive ketones (excluding diaryl/α,β-unsaturated/α-hetero) is 1. The largest absolute Gasteiger partial charge is 0.486 e. The molecule has 0 aromatic heterocycles. The monoisotopic (exact) mass is 455 g/mol. The SMILES string of the molecule is O=C(CCCCN1C(=O)NC(=O)C12CCNCC2)c1c(Cl)c(Cl)cc2c1OCCO2. The van der Waals surface area contributed by atoms with Gasteiger partial charge >= 0.3 is 6.03 Å². The first-order valence-electron chi connectivity index (χ1n) is 10.1. The Kier molecular flexibility index (Phi) is 6.09. The van der Waals surface area contributed by atoms with Crippen molar-refractivity contribution in [3.8, 4) is 11.5 Å². The smallest absolute Gasteiger partial charge is 0.325 e. The lowest BCUT2D eigenvalue weighted by Gasteiger charge is -2.38. The molecule has 30 heavy (non-hydrogen) atoms. The molecule has 162 valence electrons. The van der Waals surface area contributed by atoms with Crippen LogP contribution in [0.3, 0.4) is 0 Å². The molecule has 10 heteroatoms. The molecule has 3 heterocycles. The van der Waals surface area contributed by atoms with E-state index >= 15 is 0 Å². The van der Waals surface area contributed by atoms with Gasteiger partial charge in [-0.15, -0.1) is 0 Å². The number of piperidine rings is 1. The van der Waals surface area contributed by atoms with Gasteiger partial charge in [0, 0.05) is 19.0 Å². The number of nitrogens with zero attached hydrogens (tertiary/aromatic N) is 1. The highest BCUT2D eigenvalue weighted by atomic mass is 35.5. The van der Waals surface area contributed by atoms with Crippen LogP contribution in [0.2, 0.25) is 10.0 Å². The molecule has 3 amide bonds. The number of rotatable bonds is 6. The number of ether oxygens (including phenoxy) is 2. The third-order valence-corrected chi connectivity index (χ3v) is 6.66. The number of imide groups is 1. The van der Waals surface area contributed by atoms with Gasteiger partial charge in [0.2, 0.25) is 0 Å². The number of hydrogen-bond acceptors (Lipinski definition) is 6. The molecule has 3 aliphatic rings. The van der Waals surface area contributed by atoms with E-state index < -0.39 is 5.54 Å². The number of ketones is 1. The van der Waals surface area contributed by atoms with E-state index in [1.807, 2.05) is 0 Å². The number of carbonyl (C=O) groups excluding carboxylic acids is 3. The van der Waals surface area contributed by atoms with Crippen molar-refractivity contribution in [1.82, 2.24) is 15.5 Å². The second-order valence-electron chi connectivity index (χ2n) is 7.64.